The van der Waals surface area contributed by atoms with Crippen LogP contribution >= 0.6 is 0 Å². The van der Waals surface area contributed by atoms with Gasteiger partial charge in [-0.2, -0.15) is 0 Å². The molecule has 0 radical (unpaired) electrons. The molecule has 0 saturated heterocycles. The summed E-state index contributed by atoms with van der Waals surface area (Å²) in [7, 11) is 0. The van der Waals surface area contributed by atoms with Crippen LogP contribution in [-0.4, -0.2) is 15.9 Å². The lowest BCUT2D eigenvalue weighted by atomic mass is 10.1. The first-order valence-electron chi connectivity index (χ1n) is 8.56. The number of carbonyl (C=O) groups is 1. The Bertz CT molecular complexity index is 889. The van der Waals surface area contributed by atoms with Crippen molar-refractivity contribution in [3.63, 3.8) is 0 Å². The molecule has 2 N–H and O–H groups in total. The topological polar surface area (TPSA) is 66.9 Å². The Balaban J connectivity index is 1.75. The molecule has 0 aliphatic carbocycles. The lowest BCUT2D eigenvalue weighted by Gasteiger charge is -2.15. The standard InChI is InChI=1S/C21H22N4O/c1-14-8-7-9-15(2)19(14)25-21-22-13-12-18(24-21)20(26)23-16(3)17-10-5-4-6-11-17/h4-13,16H,1-3H3,(H,23,26)(H,22,24,25). The summed E-state index contributed by atoms with van der Waals surface area (Å²) in [6.07, 6.45) is 1.59. The first-order valence-corrected chi connectivity index (χ1v) is 8.56. The van der Waals surface area contributed by atoms with Crippen LogP contribution in [0.15, 0.2) is 60.8 Å². The second kappa shape index (κ2) is 7.78. The molecule has 5 nitrogen and oxygen atoms in total. The van der Waals surface area contributed by atoms with E-state index in [1.165, 1.54) is 0 Å². The van der Waals surface area contributed by atoms with E-state index in [0.717, 1.165) is 22.4 Å². The largest absolute Gasteiger partial charge is 0.344 e. The number of amides is 1. The maximum atomic E-state index is 12.5. The minimum Gasteiger partial charge on any atom is -0.344 e. The number of carbonyl (C=O) groups excluding carboxylic acids is 1. The number of nitrogens with zero attached hydrogens (tertiary/aromatic N) is 2. The van der Waals surface area contributed by atoms with E-state index in [2.05, 4.69) is 20.6 Å². The zero-order valence-corrected chi connectivity index (χ0v) is 15.2. The van der Waals surface area contributed by atoms with Crippen molar-refractivity contribution in [2.75, 3.05) is 5.32 Å². The van der Waals surface area contributed by atoms with Crippen LogP contribution in [-0.2, 0) is 0 Å². The van der Waals surface area contributed by atoms with E-state index in [-0.39, 0.29) is 11.9 Å². The zero-order valence-electron chi connectivity index (χ0n) is 15.2. The number of anilines is 2. The van der Waals surface area contributed by atoms with Gasteiger partial charge in [-0.25, -0.2) is 9.97 Å². The van der Waals surface area contributed by atoms with Gasteiger partial charge in [-0.3, -0.25) is 4.79 Å². The summed E-state index contributed by atoms with van der Waals surface area (Å²) in [5, 5.41) is 6.19. The summed E-state index contributed by atoms with van der Waals surface area (Å²) in [5.41, 5.74) is 4.53. The van der Waals surface area contributed by atoms with E-state index >= 15 is 0 Å². The predicted molar refractivity (Wildman–Crippen MR) is 104 cm³/mol. The molecule has 0 fully saturated rings. The van der Waals surface area contributed by atoms with Crippen molar-refractivity contribution in [3.8, 4) is 0 Å². The molecule has 0 aliphatic heterocycles. The number of hydrogen-bond donors (Lipinski definition) is 2. The molecule has 1 amide bonds. The molecule has 0 bridgehead atoms. The van der Waals surface area contributed by atoms with E-state index < -0.39 is 0 Å². The van der Waals surface area contributed by atoms with Gasteiger partial charge in [0, 0.05) is 11.9 Å². The second-order valence-electron chi connectivity index (χ2n) is 6.26. The Hall–Kier alpha value is -3.21. The molecule has 132 valence electrons. The highest BCUT2D eigenvalue weighted by Crippen LogP contribution is 2.22. The van der Waals surface area contributed by atoms with Gasteiger partial charge in [0.15, 0.2) is 0 Å². The van der Waals surface area contributed by atoms with Gasteiger partial charge in [-0.1, -0.05) is 48.5 Å². The molecular weight excluding hydrogens is 324 g/mol. The van der Waals surface area contributed by atoms with E-state index in [1.54, 1.807) is 12.3 Å². The second-order valence-corrected chi connectivity index (χ2v) is 6.26. The van der Waals surface area contributed by atoms with Crippen molar-refractivity contribution >= 4 is 17.5 Å². The number of aryl methyl sites for hydroxylation is 2. The Labute approximate surface area is 153 Å². The molecule has 5 heteroatoms. The summed E-state index contributed by atoms with van der Waals surface area (Å²) in [4.78, 5) is 21.1. The SMILES string of the molecule is Cc1cccc(C)c1Nc1nccc(C(=O)NC(C)c2ccccc2)n1. The Morgan fingerprint density at radius 3 is 2.35 bits per heavy atom. The van der Waals surface area contributed by atoms with Gasteiger partial charge in [0.25, 0.3) is 5.91 Å². The molecule has 2 aromatic carbocycles. The molecule has 3 aromatic rings. The van der Waals surface area contributed by atoms with Crippen molar-refractivity contribution in [1.29, 1.82) is 0 Å². The van der Waals surface area contributed by atoms with Gasteiger partial charge in [-0.15, -0.1) is 0 Å². The third kappa shape index (κ3) is 4.06. The highest BCUT2D eigenvalue weighted by atomic mass is 16.1. The molecule has 0 aliphatic rings. The number of aromatic nitrogens is 2. The molecule has 3 rings (SSSR count). The average Bonchev–Trinajstić information content (AvgIpc) is 2.66. The summed E-state index contributed by atoms with van der Waals surface area (Å²) in [6, 6.07) is 17.4. The third-order valence-electron chi connectivity index (χ3n) is 4.25. The van der Waals surface area contributed by atoms with Crippen LogP contribution in [0.3, 0.4) is 0 Å². The van der Waals surface area contributed by atoms with E-state index in [0.29, 0.717) is 11.6 Å². The van der Waals surface area contributed by atoms with Crippen molar-refractivity contribution < 1.29 is 4.79 Å². The summed E-state index contributed by atoms with van der Waals surface area (Å²) < 4.78 is 0. The third-order valence-corrected chi connectivity index (χ3v) is 4.25. The first kappa shape index (κ1) is 17.6. The summed E-state index contributed by atoms with van der Waals surface area (Å²) >= 11 is 0. The van der Waals surface area contributed by atoms with Gasteiger partial charge < -0.3 is 10.6 Å². The van der Waals surface area contributed by atoms with E-state index in [1.807, 2.05) is 69.3 Å². The summed E-state index contributed by atoms with van der Waals surface area (Å²) in [5.74, 6) is 0.177. The van der Waals surface area contributed by atoms with Crippen molar-refractivity contribution in [1.82, 2.24) is 15.3 Å². The highest BCUT2D eigenvalue weighted by molar-refractivity contribution is 5.92. The van der Waals surface area contributed by atoms with Crippen molar-refractivity contribution in [3.05, 3.63) is 83.2 Å². The molecule has 26 heavy (non-hydrogen) atoms. The van der Waals surface area contributed by atoms with E-state index in [4.69, 9.17) is 0 Å². The smallest absolute Gasteiger partial charge is 0.270 e. The highest BCUT2D eigenvalue weighted by Gasteiger charge is 2.14. The van der Waals surface area contributed by atoms with Gasteiger partial charge in [0.1, 0.15) is 5.69 Å². The molecule has 1 atom stereocenters. The quantitative estimate of drug-likeness (QED) is 0.722. The van der Waals surface area contributed by atoms with Crippen LogP contribution in [0.5, 0.6) is 0 Å². The summed E-state index contributed by atoms with van der Waals surface area (Å²) in [6.45, 7) is 5.99. The molecule has 0 saturated carbocycles. The maximum absolute atomic E-state index is 12.5. The number of benzene rings is 2. The first-order chi connectivity index (χ1) is 12.5. The number of rotatable bonds is 5. The van der Waals surface area contributed by atoms with Gasteiger partial charge >= 0.3 is 0 Å². The minimum absolute atomic E-state index is 0.103. The fourth-order valence-corrected chi connectivity index (χ4v) is 2.76. The maximum Gasteiger partial charge on any atom is 0.270 e. The normalized spacial score (nSPS) is 11.7. The Morgan fingerprint density at radius 1 is 0.962 bits per heavy atom. The fourth-order valence-electron chi connectivity index (χ4n) is 2.76. The molecule has 1 unspecified atom stereocenters. The van der Waals surface area contributed by atoms with Crippen LogP contribution < -0.4 is 10.6 Å². The van der Waals surface area contributed by atoms with E-state index in [9.17, 15) is 4.79 Å². The van der Waals surface area contributed by atoms with Crippen LogP contribution in [0.25, 0.3) is 0 Å². The average molecular weight is 346 g/mol. The molecule has 1 heterocycles. The predicted octanol–water partition coefficient (Wildman–Crippen LogP) is 4.33. The van der Waals surface area contributed by atoms with Crippen molar-refractivity contribution in [2.24, 2.45) is 0 Å². The van der Waals surface area contributed by atoms with Gasteiger partial charge in [0.05, 0.1) is 6.04 Å². The molecule has 1 aromatic heterocycles. The fraction of sp³-hybridized carbons (Fsp3) is 0.190. The number of para-hydroxylation sites is 1. The van der Waals surface area contributed by atoms with Gasteiger partial charge in [-0.05, 0) is 43.5 Å². The zero-order chi connectivity index (χ0) is 18.5. The molecular formula is C21H22N4O. The Kier molecular flexibility index (Phi) is 5.27. The number of nitrogens with one attached hydrogen (secondary N) is 2. The van der Waals surface area contributed by atoms with Gasteiger partial charge in [0.2, 0.25) is 5.95 Å². The Morgan fingerprint density at radius 2 is 1.65 bits per heavy atom. The van der Waals surface area contributed by atoms with Crippen LogP contribution in [0, 0.1) is 13.8 Å². The van der Waals surface area contributed by atoms with Crippen LogP contribution in [0.4, 0.5) is 11.6 Å². The number of hydrogen-bond acceptors (Lipinski definition) is 4. The molecule has 0 spiro atoms. The van der Waals surface area contributed by atoms with Crippen LogP contribution in [0.1, 0.15) is 40.1 Å². The van der Waals surface area contributed by atoms with Crippen molar-refractivity contribution in [2.45, 2.75) is 26.8 Å². The lowest BCUT2D eigenvalue weighted by Crippen LogP contribution is -2.27. The monoisotopic (exact) mass is 346 g/mol. The minimum atomic E-state index is -0.228. The lowest BCUT2D eigenvalue weighted by molar-refractivity contribution is 0.0935. The van der Waals surface area contributed by atoms with Crippen LogP contribution in [0.2, 0.25) is 0 Å².